The topological polar surface area (TPSA) is 104 Å². The van der Waals surface area contributed by atoms with Crippen molar-refractivity contribution in [3.63, 3.8) is 0 Å². The van der Waals surface area contributed by atoms with Crippen LogP contribution in [0.1, 0.15) is 35.3 Å². The van der Waals surface area contributed by atoms with Crippen molar-refractivity contribution in [3.05, 3.63) is 81.5 Å². The Morgan fingerprint density at radius 1 is 1.10 bits per heavy atom. The first-order valence-corrected chi connectivity index (χ1v) is 12.4. The molecule has 8 nitrogen and oxygen atoms in total. The van der Waals surface area contributed by atoms with E-state index in [-0.39, 0.29) is 47.3 Å². The molecule has 1 heterocycles. The molecule has 40 heavy (non-hydrogen) atoms. The molecule has 1 atom stereocenters. The summed E-state index contributed by atoms with van der Waals surface area (Å²) in [7, 11) is 3.60. The zero-order chi connectivity index (χ0) is 29.6. The molecule has 0 aliphatic carbocycles. The zero-order valence-electron chi connectivity index (χ0n) is 22.4. The molecule has 0 aliphatic heterocycles. The van der Waals surface area contributed by atoms with Crippen LogP contribution in [0.5, 0.6) is 5.75 Å². The van der Waals surface area contributed by atoms with Gasteiger partial charge in [0.2, 0.25) is 5.91 Å². The highest BCUT2D eigenvalue weighted by Gasteiger charge is 2.32. The van der Waals surface area contributed by atoms with Gasteiger partial charge in [-0.15, -0.1) is 0 Å². The second kappa shape index (κ2) is 12.8. The van der Waals surface area contributed by atoms with Crippen molar-refractivity contribution in [2.75, 3.05) is 32.6 Å². The summed E-state index contributed by atoms with van der Waals surface area (Å²) in [5, 5.41) is 4.91. The monoisotopic (exact) mass is 562 g/mol. The Labute approximate surface area is 228 Å². The fourth-order valence-corrected chi connectivity index (χ4v) is 3.71. The molecule has 0 radical (unpaired) electrons. The molecule has 2 aromatic carbocycles. The van der Waals surface area contributed by atoms with Gasteiger partial charge in [0.15, 0.2) is 0 Å². The molecule has 0 saturated carbocycles. The van der Waals surface area contributed by atoms with Crippen molar-refractivity contribution in [2.24, 2.45) is 0 Å². The van der Waals surface area contributed by atoms with E-state index in [0.717, 1.165) is 6.07 Å². The molecule has 0 aliphatic rings. The first-order valence-electron chi connectivity index (χ1n) is 12.4. The number of alkyl halides is 3. The normalized spacial score (nSPS) is 12.2. The van der Waals surface area contributed by atoms with E-state index in [4.69, 9.17) is 4.74 Å². The van der Waals surface area contributed by atoms with Gasteiger partial charge in [-0.05, 0) is 63.3 Å². The molecule has 0 unspecified atom stereocenters. The van der Waals surface area contributed by atoms with Crippen LogP contribution in [0.25, 0.3) is 11.1 Å². The second-order valence-electron chi connectivity index (χ2n) is 9.36. The van der Waals surface area contributed by atoms with Crippen LogP contribution in [0, 0.1) is 5.82 Å². The number of aromatic nitrogens is 1. The summed E-state index contributed by atoms with van der Waals surface area (Å²) < 4.78 is 60.9. The Balaban J connectivity index is 1.80. The van der Waals surface area contributed by atoms with Crippen LogP contribution in [-0.2, 0) is 17.4 Å². The van der Waals surface area contributed by atoms with Crippen LogP contribution in [0.2, 0.25) is 0 Å². The van der Waals surface area contributed by atoms with E-state index in [1.807, 2.05) is 11.8 Å². The Morgan fingerprint density at radius 2 is 1.82 bits per heavy atom. The molecule has 0 bridgehead atoms. The van der Waals surface area contributed by atoms with Crippen molar-refractivity contribution >= 4 is 17.5 Å². The zero-order valence-corrected chi connectivity index (χ0v) is 22.4. The lowest BCUT2D eigenvalue weighted by atomic mass is 10.0. The van der Waals surface area contributed by atoms with Crippen LogP contribution < -0.4 is 20.9 Å². The number of nitrogens with zero attached hydrogens (tertiary/aromatic N) is 1. The maximum atomic E-state index is 14.9. The molecule has 2 amide bonds. The lowest BCUT2D eigenvalue weighted by Gasteiger charge is -2.20. The number of anilines is 1. The number of nitrogens with one attached hydrogen (secondary N) is 3. The van der Waals surface area contributed by atoms with Crippen molar-refractivity contribution in [1.29, 1.82) is 0 Å². The molecular weight excluding hydrogens is 532 g/mol. The van der Waals surface area contributed by atoms with Gasteiger partial charge in [0.05, 0.1) is 18.6 Å². The number of amides is 2. The Kier molecular flexibility index (Phi) is 9.69. The average molecular weight is 563 g/mol. The largest absolute Gasteiger partial charge is 0.493 e. The summed E-state index contributed by atoms with van der Waals surface area (Å²) in [5.74, 6) is -1.99. The van der Waals surface area contributed by atoms with E-state index in [1.54, 1.807) is 21.0 Å². The SMILES string of the molecule is CCOc1cc(=O)[nH]cc1-c1ccc(CC(=O)Nc2cc(C(=O)NC[C@@H](C)N(C)C)cc(C(F)(F)F)c2)c(F)c1. The first-order chi connectivity index (χ1) is 18.8. The van der Waals surface area contributed by atoms with Crippen LogP contribution in [0.4, 0.5) is 23.2 Å². The predicted molar refractivity (Wildman–Crippen MR) is 143 cm³/mol. The minimum Gasteiger partial charge on any atom is -0.493 e. The quantitative estimate of drug-likeness (QED) is 0.317. The standard InChI is InChI=1S/C28H30F4N4O4/c1-5-40-24-13-25(37)33-15-22(24)17-6-7-18(23(29)10-17)11-26(38)35-21-9-19(8-20(12-21)28(30,31)32)27(39)34-14-16(2)36(3)4/h6-10,12-13,15-16H,5,11,14H2,1-4H3,(H,33,37)(H,34,39)(H,35,38)/t16-/m1/s1. The molecule has 3 N–H and O–H groups in total. The predicted octanol–water partition coefficient (Wildman–Crippen LogP) is 4.46. The van der Waals surface area contributed by atoms with E-state index in [0.29, 0.717) is 23.3 Å². The van der Waals surface area contributed by atoms with Gasteiger partial charge >= 0.3 is 6.18 Å². The molecule has 0 spiro atoms. The third-order valence-electron chi connectivity index (χ3n) is 6.15. The number of carbonyl (C=O) groups excluding carboxylic acids is 2. The summed E-state index contributed by atoms with van der Waals surface area (Å²) >= 11 is 0. The molecule has 214 valence electrons. The van der Waals surface area contributed by atoms with Gasteiger partial charge in [-0.3, -0.25) is 14.4 Å². The third-order valence-corrected chi connectivity index (χ3v) is 6.15. The number of benzene rings is 2. The Morgan fingerprint density at radius 3 is 2.45 bits per heavy atom. The van der Waals surface area contributed by atoms with E-state index in [1.165, 1.54) is 30.5 Å². The van der Waals surface area contributed by atoms with Gasteiger partial charge in [-0.1, -0.05) is 12.1 Å². The molecule has 0 fully saturated rings. The van der Waals surface area contributed by atoms with Crippen molar-refractivity contribution in [2.45, 2.75) is 32.5 Å². The van der Waals surface area contributed by atoms with Crippen molar-refractivity contribution in [1.82, 2.24) is 15.2 Å². The number of rotatable bonds is 10. The minimum absolute atomic E-state index is 0.00810. The average Bonchev–Trinajstić information content (AvgIpc) is 2.87. The number of H-pyrrole nitrogens is 1. The number of hydrogen-bond donors (Lipinski definition) is 3. The smallest absolute Gasteiger partial charge is 0.416 e. The number of aromatic amines is 1. The molecular formula is C28H30F4N4O4. The highest BCUT2D eigenvalue weighted by atomic mass is 19.4. The number of hydrogen-bond acceptors (Lipinski definition) is 5. The van der Waals surface area contributed by atoms with Gasteiger partial charge in [0, 0.05) is 41.7 Å². The molecule has 3 rings (SSSR count). The van der Waals surface area contributed by atoms with Gasteiger partial charge in [-0.25, -0.2) is 4.39 Å². The van der Waals surface area contributed by atoms with E-state index in [2.05, 4.69) is 15.6 Å². The lowest BCUT2D eigenvalue weighted by Crippen LogP contribution is -2.38. The fraction of sp³-hybridized carbons (Fsp3) is 0.321. The van der Waals surface area contributed by atoms with E-state index < -0.39 is 35.8 Å². The van der Waals surface area contributed by atoms with Crippen LogP contribution in [0.15, 0.2) is 53.5 Å². The second-order valence-corrected chi connectivity index (χ2v) is 9.36. The fourth-order valence-electron chi connectivity index (χ4n) is 3.71. The number of ether oxygens (including phenoxy) is 1. The third kappa shape index (κ3) is 7.92. The van der Waals surface area contributed by atoms with E-state index in [9.17, 15) is 31.9 Å². The van der Waals surface area contributed by atoms with Gasteiger partial charge < -0.3 is 25.3 Å². The molecule has 0 saturated heterocycles. The number of pyridine rings is 1. The van der Waals surface area contributed by atoms with E-state index >= 15 is 0 Å². The Bertz CT molecular complexity index is 1440. The summed E-state index contributed by atoms with van der Waals surface area (Å²) in [6.07, 6.45) is -3.86. The maximum Gasteiger partial charge on any atom is 0.416 e. The van der Waals surface area contributed by atoms with Crippen molar-refractivity contribution in [3.8, 4) is 16.9 Å². The molecule has 1 aromatic heterocycles. The highest BCUT2D eigenvalue weighted by Crippen LogP contribution is 2.32. The lowest BCUT2D eigenvalue weighted by molar-refractivity contribution is -0.137. The maximum absolute atomic E-state index is 14.9. The molecule has 3 aromatic rings. The number of carbonyl (C=O) groups is 2. The number of likely N-dealkylation sites (N-methyl/N-ethyl adjacent to an activating group) is 1. The number of halogens is 4. The van der Waals surface area contributed by atoms with Crippen LogP contribution >= 0.6 is 0 Å². The summed E-state index contributed by atoms with van der Waals surface area (Å²) in [5.41, 5.74) is -1.22. The van der Waals surface area contributed by atoms with Gasteiger partial charge in [-0.2, -0.15) is 13.2 Å². The summed E-state index contributed by atoms with van der Waals surface area (Å²) in [6, 6.07) is 7.79. The minimum atomic E-state index is -4.77. The van der Waals surface area contributed by atoms with Crippen molar-refractivity contribution < 1.29 is 31.9 Å². The first kappa shape index (κ1) is 30.4. The van der Waals surface area contributed by atoms with Crippen LogP contribution in [-0.4, -0.2) is 55.0 Å². The Hall–Kier alpha value is -4.19. The van der Waals surface area contributed by atoms with Gasteiger partial charge in [0.1, 0.15) is 11.6 Å². The summed E-state index contributed by atoms with van der Waals surface area (Å²) in [4.78, 5) is 41.2. The van der Waals surface area contributed by atoms with Gasteiger partial charge in [0.25, 0.3) is 11.5 Å². The van der Waals surface area contributed by atoms with Crippen LogP contribution in [0.3, 0.4) is 0 Å². The molecule has 12 heteroatoms. The summed E-state index contributed by atoms with van der Waals surface area (Å²) in [6.45, 7) is 4.05. The highest BCUT2D eigenvalue weighted by molar-refractivity contribution is 5.98.